The van der Waals surface area contributed by atoms with Gasteiger partial charge in [-0.05, 0) is 31.4 Å². The minimum Gasteiger partial charge on any atom is -0.493 e. The fraction of sp³-hybridized carbons (Fsp3) is 0.444. The molecule has 3 nitrogen and oxygen atoms in total. The van der Waals surface area contributed by atoms with Gasteiger partial charge in [-0.1, -0.05) is 49.1 Å². The molecule has 124 valence electrons. The van der Waals surface area contributed by atoms with Gasteiger partial charge in [-0.25, -0.2) is 0 Å². The molecule has 5 heteroatoms. The van der Waals surface area contributed by atoms with Crippen LogP contribution in [-0.4, -0.2) is 17.5 Å². The average molecular weight is 351 g/mol. The predicted molar refractivity (Wildman–Crippen MR) is 99.7 cm³/mol. The third kappa shape index (κ3) is 5.36. The highest BCUT2D eigenvalue weighted by atomic mass is 32.2. The highest BCUT2D eigenvalue weighted by molar-refractivity contribution is 8.13. The first kappa shape index (κ1) is 18.0. The van der Waals surface area contributed by atoms with Gasteiger partial charge < -0.3 is 4.74 Å². The van der Waals surface area contributed by atoms with Crippen LogP contribution in [0.2, 0.25) is 0 Å². The van der Waals surface area contributed by atoms with Gasteiger partial charge in [-0.15, -0.1) is 0 Å². The molecule has 1 heterocycles. The van der Waals surface area contributed by atoms with Gasteiger partial charge >= 0.3 is 0 Å². The molecule has 1 aromatic carbocycles. The van der Waals surface area contributed by atoms with E-state index in [0.29, 0.717) is 12.4 Å². The summed E-state index contributed by atoms with van der Waals surface area (Å²) in [4.78, 5) is 23.4. The number of unbranched alkanes of at least 4 members (excludes halogenated alkanes) is 1. The van der Waals surface area contributed by atoms with Crippen molar-refractivity contribution in [2.45, 2.75) is 33.1 Å². The molecule has 1 unspecified atom stereocenters. The van der Waals surface area contributed by atoms with E-state index in [2.05, 4.69) is 0 Å². The molecule has 2 aromatic rings. The van der Waals surface area contributed by atoms with E-state index >= 15 is 0 Å². The molecule has 0 N–H and O–H groups in total. The first-order chi connectivity index (χ1) is 11.1. The summed E-state index contributed by atoms with van der Waals surface area (Å²) in [6, 6.07) is 9.35. The zero-order valence-corrected chi connectivity index (χ0v) is 15.2. The molecule has 0 saturated carbocycles. The van der Waals surface area contributed by atoms with Crippen LogP contribution in [0.3, 0.4) is 0 Å². The van der Waals surface area contributed by atoms with Crippen molar-refractivity contribution in [3.8, 4) is 5.75 Å². The number of hydrogen-bond acceptors (Lipinski definition) is 5. The van der Waals surface area contributed by atoms with Gasteiger partial charge in [0.15, 0.2) is 5.12 Å². The Kier molecular flexibility index (Phi) is 7.12. The summed E-state index contributed by atoms with van der Waals surface area (Å²) in [5, 5.41) is 1.26. The number of carbonyl (C=O) groups excluding carboxylic acids is 1. The Balaban J connectivity index is 1.79. The van der Waals surface area contributed by atoms with E-state index in [-0.39, 0.29) is 15.8 Å². The van der Waals surface area contributed by atoms with Crippen molar-refractivity contribution >= 4 is 38.3 Å². The molecule has 0 saturated heterocycles. The van der Waals surface area contributed by atoms with Gasteiger partial charge in [0, 0.05) is 27.8 Å². The molecule has 0 aliphatic rings. The standard InChI is InChI=1S/C18H22O3S2/c1-3-13(2)18(20)22-11-7-6-10-21-15-12-17(19)23-16-9-5-4-8-14(15)16/h4-5,8-9,12-13H,3,6-7,10-11H2,1-2H3. The molecule has 1 aromatic heterocycles. The zero-order chi connectivity index (χ0) is 16.7. The number of benzene rings is 1. The summed E-state index contributed by atoms with van der Waals surface area (Å²) in [6.45, 7) is 4.57. The Hall–Kier alpha value is -1.33. The van der Waals surface area contributed by atoms with Crippen LogP contribution >= 0.6 is 23.1 Å². The molecule has 0 aliphatic heterocycles. The smallest absolute Gasteiger partial charge is 0.236 e. The number of rotatable bonds is 8. The molecule has 0 spiro atoms. The molecule has 23 heavy (non-hydrogen) atoms. The molecular weight excluding hydrogens is 328 g/mol. The van der Waals surface area contributed by atoms with Crippen molar-refractivity contribution in [1.29, 1.82) is 0 Å². The quantitative estimate of drug-likeness (QED) is 0.646. The minimum atomic E-state index is 0.00778. The Morgan fingerprint density at radius 3 is 2.87 bits per heavy atom. The number of thioether (sulfide) groups is 1. The molecular formula is C18H22O3S2. The maximum absolute atomic E-state index is 11.7. The van der Waals surface area contributed by atoms with Crippen molar-refractivity contribution < 1.29 is 9.53 Å². The maximum Gasteiger partial charge on any atom is 0.236 e. The van der Waals surface area contributed by atoms with Gasteiger partial charge in [0.25, 0.3) is 0 Å². The number of fused-ring (bicyclic) bond motifs is 1. The third-order valence-electron chi connectivity index (χ3n) is 3.67. The van der Waals surface area contributed by atoms with Crippen molar-refractivity contribution in [1.82, 2.24) is 0 Å². The fourth-order valence-electron chi connectivity index (χ4n) is 2.07. The zero-order valence-electron chi connectivity index (χ0n) is 13.5. The third-order valence-corrected chi connectivity index (χ3v) is 5.74. The number of carbonyl (C=O) groups is 1. The van der Waals surface area contributed by atoms with Crippen LogP contribution in [0, 0.1) is 5.92 Å². The Morgan fingerprint density at radius 2 is 2.09 bits per heavy atom. The lowest BCUT2D eigenvalue weighted by Crippen LogP contribution is -2.06. The van der Waals surface area contributed by atoms with Crippen LogP contribution in [0.15, 0.2) is 35.1 Å². The molecule has 0 fully saturated rings. The van der Waals surface area contributed by atoms with E-state index in [4.69, 9.17) is 4.74 Å². The molecule has 0 amide bonds. The number of ether oxygens (including phenoxy) is 1. The average Bonchev–Trinajstić information content (AvgIpc) is 2.56. The Bertz CT molecular complexity index is 709. The summed E-state index contributed by atoms with van der Waals surface area (Å²) in [5.74, 6) is 1.63. The lowest BCUT2D eigenvalue weighted by atomic mass is 10.1. The number of hydrogen-bond donors (Lipinski definition) is 0. The Morgan fingerprint density at radius 1 is 1.30 bits per heavy atom. The highest BCUT2D eigenvalue weighted by Crippen LogP contribution is 2.26. The van der Waals surface area contributed by atoms with Crippen LogP contribution in [0.1, 0.15) is 33.1 Å². The Labute approximate surface area is 145 Å². The first-order valence-corrected chi connectivity index (χ1v) is 9.74. The van der Waals surface area contributed by atoms with Crippen molar-refractivity contribution in [3.05, 3.63) is 39.9 Å². The van der Waals surface area contributed by atoms with Crippen LogP contribution in [0.4, 0.5) is 0 Å². The van der Waals surface area contributed by atoms with Gasteiger partial charge in [0.05, 0.1) is 6.61 Å². The van der Waals surface area contributed by atoms with Crippen molar-refractivity contribution in [3.63, 3.8) is 0 Å². The van der Waals surface area contributed by atoms with Gasteiger partial charge in [-0.2, -0.15) is 0 Å². The second kappa shape index (κ2) is 9.08. The van der Waals surface area contributed by atoms with Crippen LogP contribution < -0.4 is 9.48 Å². The molecule has 0 aliphatic carbocycles. The van der Waals surface area contributed by atoms with E-state index in [9.17, 15) is 9.59 Å². The molecule has 0 radical (unpaired) electrons. The highest BCUT2D eigenvalue weighted by Gasteiger charge is 2.10. The van der Waals surface area contributed by atoms with Crippen molar-refractivity contribution in [2.75, 3.05) is 12.4 Å². The van der Waals surface area contributed by atoms with E-state index in [1.165, 1.54) is 23.1 Å². The SMILES string of the molecule is CCC(C)C(=O)SCCCCOc1cc(=O)sc2ccccc12. The molecule has 0 bridgehead atoms. The lowest BCUT2D eigenvalue weighted by molar-refractivity contribution is -0.113. The fourth-order valence-corrected chi connectivity index (χ4v) is 3.88. The van der Waals surface area contributed by atoms with E-state index in [1.54, 1.807) is 6.07 Å². The van der Waals surface area contributed by atoms with E-state index in [0.717, 1.165) is 35.1 Å². The normalized spacial score (nSPS) is 12.3. The monoisotopic (exact) mass is 350 g/mol. The maximum atomic E-state index is 11.7. The summed E-state index contributed by atoms with van der Waals surface area (Å²) < 4.78 is 6.74. The lowest BCUT2D eigenvalue weighted by Gasteiger charge is -2.09. The summed E-state index contributed by atoms with van der Waals surface area (Å²) in [5.41, 5.74) is 0. The topological polar surface area (TPSA) is 43.4 Å². The second-order valence-electron chi connectivity index (χ2n) is 5.46. The predicted octanol–water partition coefficient (Wildman–Crippen LogP) is 4.73. The summed E-state index contributed by atoms with van der Waals surface area (Å²) >= 11 is 2.65. The largest absolute Gasteiger partial charge is 0.493 e. The second-order valence-corrected chi connectivity index (χ2v) is 7.60. The van der Waals surface area contributed by atoms with E-state index < -0.39 is 0 Å². The minimum absolute atomic E-state index is 0.00778. The van der Waals surface area contributed by atoms with Crippen LogP contribution in [0.25, 0.3) is 10.1 Å². The van der Waals surface area contributed by atoms with Gasteiger partial charge in [0.1, 0.15) is 5.75 Å². The molecule has 1 atom stereocenters. The van der Waals surface area contributed by atoms with Crippen LogP contribution in [-0.2, 0) is 4.79 Å². The first-order valence-electron chi connectivity index (χ1n) is 7.94. The summed E-state index contributed by atoms with van der Waals surface area (Å²) in [7, 11) is 0. The van der Waals surface area contributed by atoms with Gasteiger partial charge in [-0.3, -0.25) is 9.59 Å². The van der Waals surface area contributed by atoms with Gasteiger partial charge in [0.2, 0.25) is 4.74 Å². The van der Waals surface area contributed by atoms with Crippen molar-refractivity contribution in [2.24, 2.45) is 5.92 Å². The molecule has 2 rings (SSSR count). The van der Waals surface area contributed by atoms with Crippen LogP contribution in [0.5, 0.6) is 5.75 Å². The van der Waals surface area contributed by atoms with E-state index in [1.807, 2.05) is 38.1 Å². The summed E-state index contributed by atoms with van der Waals surface area (Å²) in [6.07, 6.45) is 2.71.